The molecule has 8 nitrogen and oxygen atoms in total. The Hall–Kier alpha value is -2.32. The number of aromatic nitrogens is 4. The van der Waals surface area contributed by atoms with Crippen LogP contribution in [-0.2, 0) is 17.8 Å². The number of carbonyl (C=O) groups excluding carboxylic acids is 1. The van der Waals surface area contributed by atoms with Gasteiger partial charge in [0.2, 0.25) is 11.9 Å². The number of rotatable bonds is 4. The highest BCUT2D eigenvalue weighted by molar-refractivity contribution is 5.78. The Labute approximate surface area is 165 Å². The zero-order valence-corrected chi connectivity index (χ0v) is 16.2. The molecule has 4 heterocycles. The predicted octanol–water partition coefficient (Wildman–Crippen LogP) is 0.717. The van der Waals surface area contributed by atoms with E-state index in [1.165, 1.54) is 24.8 Å². The lowest BCUT2D eigenvalue weighted by Gasteiger charge is -2.43. The lowest BCUT2D eigenvalue weighted by Crippen LogP contribution is -2.55. The van der Waals surface area contributed by atoms with E-state index in [2.05, 4.69) is 24.9 Å². The monoisotopic (exact) mass is 381 g/mol. The van der Waals surface area contributed by atoms with Gasteiger partial charge in [-0.05, 0) is 18.9 Å². The first-order valence-corrected chi connectivity index (χ1v) is 10.4. The summed E-state index contributed by atoms with van der Waals surface area (Å²) in [5, 5.41) is 4.63. The van der Waals surface area contributed by atoms with E-state index in [0.717, 1.165) is 57.4 Å². The normalized spacial score (nSPS) is 21.4. The average Bonchev–Trinajstić information content (AvgIpc) is 3.11. The van der Waals surface area contributed by atoms with E-state index in [1.54, 1.807) is 23.1 Å². The molecule has 8 heteroatoms. The second-order valence-electron chi connectivity index (χ2n) is 8.06. The summed E-state index contributed by atoms with van der Waals surface area (Å²) >= 11 is 0. The highest BCUT2D eigenvalue weighted by Crippen LogP contribution is 2.25. The standard InChI is InChI=1S/C20H27N7O/c28-19(26-11-9-25(10-12-26)17-3-1-4-17)15-24-8-5-18-16(13-24)14-27(23-18)20-21-6-2-7-22-20/h2,6-7,14,17H,1,3-5,8-13,15H2. The minimum atomic E-state index is 0.260. The lowest BCUT2D eigenvalue weighted by atomic mass is 9.91. The van der Waals surface area contributed by atoms with Crippen LogP contribution in [0.2, 0.25) is 0 Å². The van der Waals surface area contributed by atoms with Crippen LogP contribution in [0.4, 0.5) is 0 Å². The van der Waals surface area contributed by atoms with E-state index in [4.69, 9.17) is 0 Å². The maximum Gasteiger partial charge on any atom is 0.250 e. The third-order valence-corrected chi connectivity index (χ3v) is 6.31. The van der Waals surface area contributed by atoms with Crippen LogP contribution in [0.3, 0.4) is 0 Å². The summed E-state index contributed by atoms with van der Waals surface area (Å²) in [5.74, 6) is 0.847. The topological polar surface area (TPSA) is 70.4 Å². The molecule has 0 spiro atoms. The van der Waals surface area contributed by atoms with Gasteiger partial charge in [0.1, 0.15) is 0 Å². The minimum absolute atomic E-state index is 0.260. The van der Waals surface area contributed by atoms with Crippen molar-refractivity contribution in [3.63, 3.8) is 0 Å². The van der Waals surface area contributed by atoms with E-state index in [0.29, 0.717) is 12.5 Å². The summed E-state index contributed by atoms with van der Waals surface area (Å²) in [6.45, 7) is 5.93. The van der Waals surface area contributed by atoms with E-state index >= 15 is 0 Å². The molecule has 2 aromatic heterocycles. The second-order valence-corrected chi connectivity index (χ2v) is 8.06. The van der Waals surface area contributed by atoms with Crippen molar-refractivity contribution in [1.82, 2.24) is 34.4 Å². The van der Waals surface area contributed by atoms with Crippen LogP contribution < -0.4 is 0 Å². The molecule has 0 N–H and O–H groups in total. The number of fused-ring (bicyclic) bond motifs is 1. The Morgan fingerprint density at radius 3 is 2.57 bits per heavy atom. The van der Waals surface area contributed by atoms with Gasteiger partial charge in [-0.1, -0.05) is 6.42 Å². The number of hydrogen-bond acceptors (Lipinski definition) is 6. The zero-order chi connectivity index (χ0) is 18.9. The molecular formula is C20H27N7O. The molecule has 148 valence electrons. The molecule has 5 rings (SSSR count). The number of nitrogens with zero attached hydrogens (tertiary/aromatic N) is 7. The Morgan fingerprint density at radius 1 is 1.07 bits per heavy atom. The van der Waals surface area contributed by atoms with E-state index < -0.39 is 0 Å². The van der Waals surface area contributed by atoms with Gasteiger partial charge in [-0.15, -0.1) is 0 Å². The zero-order valence-electron chi connectivity index (χ0n) is 16.2. The van der Waals surface area contributed by atoms with E-state index in [-0.39, 0.29) is 5.91 Å². The molecule has 1 amide bonds. The van der Waals surface area contributed by atoms with Crippen LogP contribution >= 0.6 is 0 Å². The van der Waals surface area contributed by atoms with Crippen molar-refractivity contribution >= 4 is 5.91 Å². The number of carbonyl (C=O) groups is 1. The quantitative estimate of drug-likeness (QED) is 0.777. The summed E-state index contributed by atoms with van der Waals surface area (Å²) in [7, 11) is 0. The Bertz CT molecular complexity index is 824. The molecular weight excluding hydrogens is 354 g/mol. The molecule has 2 fully saturated rings. The first-order valence-electron chi connectivity index (χ1n) is 10.4. The molecule has 2 aromatic rings. The SMILES string of the molecule is O=C(CN1CCc2nn(-c3ncccn3)cc2C1)N1CCN(C2CCC2)CC1. The average molecular weight is 381 g/mol. The molecule has 1 aliphatic carbocycles. The number of piperazine rings is 1. The smallest absolute Gasteiger partial charge is 0.250 e. The molecule has 0 bridgehead atoms. The van der Waals surface area contributed by atoms with Crippen molar-refractivity contribution in [3.8, 4) is 5.95 Å². The summed E-state index contributed by atoms with van der Waals surface area (Å²) in [6.07, 6.45) is 10.3. The first kappa shape index (κ1) is 17.8. The van der Waals surface area contributed by atoms with Crippen molar-refractivity contribution in [3.05, 3.63) is 35.9 Å². The minimum Gasteiger partial charge on any atom is -0.339 e. The van der Waals surface area contributed by atoms with Crippen LogP contribution in [-0.4, -0.2) is 85.7 Å². The van der Waals surface area contributed by atoms with Gasteiger partial charge in [0.15, 0.2) is 0 Å². The summed E-state index contributed by atoms with van der Waals surface area (Å²) in [6, 6.07) is 2.58. The van der Waals surface area contributed by atoms with Gasteiger partial charge in [0, 0.05) is 75.9 Å². The maximum absolute atomic E-state index is 12.8. The highest BCUT2D eigenvalue weighted by atomic mass is 16.2. The fourth-order valence-electron chi connectivity index (χ4n) is 4.40. The summed E-state index contributed by atoms with van der Waals surface area (Å²) < 4.78 is 1.75. The van der Waals surface area contributed by atoms with Crippen molar-refractivity contribution in [1.29, 1.82) is 0 Å². The van der Waals surface area contributed by atoms with E-state index in [9.17, 15) is 4.79 Å². The molecule has 0 atom stereocenters. The van der Waals surface area contributed by atoms with Gasteiger partial charge in [-0.25, -0.2) is 14.6 Å². The van der Waals surface area contributed by atoms with Gasteiger partial charge >= 0.3 is 0 Å². The van der Waals surface area contributed by atoms with Crippen molar-refractivity contribution in [2.45, 2.75) is 38.3 Å². The Balaban J connectivity index is 1.16. The molecule has 2 aliphatic heterocycles. The molecule has 1 saturated carbocycles. The van der Waals surface area contributed by atoms with Gasteiger partial charge in [-0.3, -0.25) is 14.6 Å². The van der Waals surface area contributed by atoms with Crippen molar-refractivity contribution < 1.29 is 4.79 Å². The fourth-order valence-corrected chi connectivity index (χ4v) is 4.40. The Kier molecular flexibility index (Phi) is 4.82. The molecule has 0 radical (unpaired) electrons. The molecule has 1 saturated heterocycles. The summed E-state index contributed by atoms with van der Waals surface area (Å²) in [4.78, 5) is 28.2. The highest BCUT2D eigenvalue weighted by Gasteiger charge is 2.30. The van der Waals surface area contributed by atoms with Gasteiger partial charge < -0.3 is 4.90 Å². The number of hydrogen-bond donors (Lipinski definition) is 0. The largest absolute Gasteiger partial charge is 0.339 e. The van der Waals surface area contributed by atoms with Gasteiger partial charge in [-0.2, -0.15) is 5.10 Å². The van der Waals surface area contributed by atoms with Crippen LogP contribution in [0.15, 0.2) is 24.7 Å². The van der Waals surface area contributed by atoms with Crippen molar-refractivity contribution in [2.75, 3.05) is 39.3 Å². The van der Waals surface area contributed by atoms with Crippen molar-refractivity contribution in [2.24, 2.45) is 0 Å². The maximum atomic E-state index is 12.8. The van der Waals surface area contributed by atoms with Gasteiger partial charge in [0.25, 0.3) is 0 Å². The van der Waals surface area contributed by atoms with Crippen LogP contribution in [0.25, 0.3) is 5.95 Å². The van der Waals surface area contributed by atoms with Gasteiger partial charge in [0.05, 0.1) is 12.2 Å². The molecule has 0 unspecified atom stereocenters. The third kappa shape index (κ3) is 3.54. The second kappa shape index (κ2) is 7.60. The number of amides is 1. The first-order chi connectivity index (χ1) is 13.8. The van der Waals surface area contributed by atoms with Crippen LogP contribution in [0.1, 0.15) is 30.5 Å². The Morgan fingerprint density at radius 2 is 1.86 bits per heavy atom. The van der Waals surface area contributed by atoms with Crippen LogP contribution in [0, 0.1) is 0 Å². The lowest BCUT2D eigenvalue weighted by molar-refractivity contribution is -0.135. The molecule has 3 aliphatic rings. The third-order valence-electron chi connectivity index (χ3n) is 6.31. The van der Waals surface area contributed by atoms with E-state index in [1.807, 2.05) is 11.1 Å². The molecule has 0 aromatic carbocycles. The van der Waals surface area contributed by atoms with Crippen LogP contribution in [0.5, 0.6) is 0 Å². The summed E-state index contributed by atoms with van der Waals surface area (Å²) in [5.41, 5.74) is 2.26. The predicted molar refractivity (Wildman–Crippen MR) is 104 cm³/mol. The molecule has 28 heavy (non-hydrogen) atoms. The fraction of sp³-hybridized carbons (Fsp3) is 0.600.